The minimum absolute atomic E-state index is 0.0233. The zero-order valence-corrected chi connectivity index (χ0v) is 20.9. The fourth-order valence-electron chi connectivity index (χ4n) is 5.64. The molecule has 5 rings (SSSR count). The molecule has 1 aliphatic carbocycles. The Morgan fingerprint density at radius 2 is 1.82 bits per heavy atom. The highest BCUT2D eigenvalue weighted by atomic mass is 32.2. The van der Waals surface area contributed by atoms with Gasteiger partial charge in [-0.15, -0.1) is 11.3 Å². The van der Waals surface area contributed by atoms with E-state index in [1.807, 2.05) is 6.92 Å². The van der Waals surface area contributed by atoms with Crippen molar-refractivity contribution in [1.29, 1.82) is 0 Å². The maximum atomic E-state index is 13.4. The largest absolute Gasteiger partial charge is 0.370 e. The number of hydrogen-bond donors (Lipinski definition) is 1. The lowest BCUT2D eigenvalue weighted by atomic mass is 9.90. The summed E-state index contributed by atoms with van der Waals surface area (Å²) in [5, 5.41) is 0. The third-order valence-corrected chi connectivity index (χ3v) is 9.89. The van der Waals surface area contributed by atoms with Gasteiger partial charge in [0.1, 0.15) is 10.0 Å². The first kappa shape index (κ1) is 23.3. The van der Waals surface area contributed by atoms with Crippen LogP contribution in [0.1, 0.15) is 23.3 Å². The van der Waals surface area contributed by atoms with Gasteiger partial charge in [0.15, 0.2) is 0 Å². The fraction of sp³-hybridized carbons (Fsp3) is 0.400. The molecule has 2 aromatic heterocycles. The lowest BCUT2D eigenvalue weighted by molar-refractivity contribution is 0.138. The quantitative estimate of drug-likeness (QED) is 0.475. The van der Waals surface area contributed by atoms with Crippen LogP contribution in [-0.2, 0) is 16.6 Å². The molecule has 0 radical (unpaired) electrons. The van der Waals surface area contributed by atoms with Gasteiger partial charge in [0.2, 0.25) is 5.95 Å². The summed E-state index contributed by atoms with van der Waals surface area (Å²) in [6.45, 7) is 5.05. The Bertz CT molecular complexity index is 1250. The number of fused-ring (bicyclic) bond motifs is 2. The van der Waals surface area contributed by atoms with E-state index in [1.54, 1.807) is 6.07 Å². The van der Waals surface area contributed by atoms with E-state index in [0.29, 0.717) is 17.9 Å². The number of rotatable bonds is 7. The molecule has 3 aromatic rings. The average molecular weight is 501 g/mol. The van der Waals surface area contributed by atoms with E-state index in [0.717, 1.165) is 30.2 Å². The van der Waals surface area contributed by atoms with Crippen LogP contribution in [0.5, 0.6) is 0 Å². The van der Waals surface area contributed by atoms with Crippen LogP contribution in [0.4, 0.5) is 15.9 Å². The average Bonchev–Trinajstić information content (AvgIpc) is 3.32. The zero-order valence-electron chi connectivity index (χ0n) is 19.3. The molecular weight excluding hydrogens is 471 g/mol. The summed E-state index contributed by atoms with van der Waals surface area (Å²) < 4.78 is 41.9. The Kier molecular flexibility index (Phi) is 6.35. The lowest BCUT2D eigenvalue weighted by Gasteiger charge is -2.43. The SMILES string of the molecule is Cc1sc(S(=O)(=O)Nc2cccc(F)n2)cc1N(C)C1[C@@H]2CC[C@H]1CN(Cc1ccccc1)C2. The summed E-state index contributed by atoms with van der Waals surface area (Å²) in [5.74, 6) is 0.365. The molecule has 3 atom stereocenters. The topological polar surface area (TPSA) is 65.5 Å². The Hall–Kier alpha value is -2.49. The molecule has 1 N–H and O–H groups in total. The molecule has 6 nitrogen and oxygen atoms in total. The van der Waals surface area contributed by atoms with E-state index >= 15 is 0 Å². The molecule has 9 heteroatoms. The molecule has 1 unspecified atom stereocenters. The van der Waals surface area contributed by atoms with Gasteiger partial charge in [-0.25, -0.2) is 13.4 Å². The third-order valence-electron chi connectivity index (χ3n) is 7.02. The number of likely N-dealkylation sites (tertiary alicyclic amines) is 1. The molecule has 1 aromatic carbocycles. The highest BCUT2D eigenvalue weighted by Gasteiger charge is 2.44. The van der Waals surface area contributed by atoms with E-state index in [2.05, 4.69) is 56.9 Å². The van der Waals surface area contributed by atoms with Gasteiger partial charge in [0.05, 0.1) is 5.69 Å². The minimum Gasteiger partial charge on any atom is -0.370 e. The summed E-state index contributed by atoms with van der Waals surface area (Å²) in [6.07, 6.45) is 2.40. The molecule has 0 amide bonds. The van der Waals surface area contributed by atoms with Crippen LogP contribution in [0.2, 0.25) is 0 Å². The first-order valence-corrected chi connectivity index (χ1v) is 13.8. The zero-order chi connectivity index (χ0) is 23.9. The number of aryl methyl sites for hydroxylation is 1. The second-order valence-electron chi connectivity index (χ2n) is 9.34. The smallest absolute Gasteiger partial charge is 0.272 e. The monoisotopic (exact) mass is 500 g/mol. The van der Waals surface area contributed by atoms with E-state index in [9.17, 15) is 12.8 Å². The summed E-state index contributed by atoms with van der Waals surface area (Å²) in [4.78, 5) is 9.44. The maximum absolute atomic E-state index is 13.4. The van der Waals surface area contributed by atoms with Gasteiger partial charge in [-0.2, -0.15) is 4.39 Å². The van der Waals surface area contributed by atoms with Gasteiger partial charge in [0.25, 0.3) is 10.0 Å². The standard InChI is InChI=1S/C25H29FN4O2S2/c1-17-21(13-24(33-17)34(31,32)28-23-10-6-9-22(26)27-23)29(2)25-19-11-12-20(25)16-30(15-19)14-18-7-4-3-5-8-18/h3-10,13,19-20,25H,11-12,14-16H2,1-2H3,(H,27,28)/t19-,20+,25?. The summed E-state index contributed by atoms with van der Waals surface area (Å²) in [7, 11) is -1.75. The normalized spacial score (nSPS) is 22.6. The van der Waals surface area contributed by atoms with Crippen molar-refractivity contribution in [2.45, 2.75) is 36.6 Å². The van der Waals surface area contributed by atoms with Crippen molar-refractivity contribution >= 4 is 32.9 Å². The number of anilines is 2. The fourth-order valence-corrected chi connectivity index (χ4v) is 8.11. The molecule has 3 heterocycles. The minimum atomic E-state index is -3.85. The second-order valence-corrected chi connectivity index (χ2v) is 12.5. The molecule has 1 saturated carbocycles. The van der Waals surface area contributed by atoms with E-state index in [1.165, 1.54) is 47.9 Å². The molecule has 2 aliphatic rings. The van der Waals surface area contributed by atoms with Crippen molar-refractivity contribution in [2.75, 3.05) is 29.8 Å². The Labute approximate surface area is 204 Å². The predicted molar refractivity (Wildman–Crippen MR) is 134 cm³/mol. The Balaban J connectivity index is 1.31. The van der Waals surface area contributed by atoms with Gasteiger partial charge in [-0.05, 0) is 55.4 Å². The summed E-state index contributed by atoms with van der Waals surface area (Å²) in [5.41, 5.74) is 2.30. The van der Waals surface area contributed by atoms with Gasteiger partial charge < -0.3 is 4.90 Å². The lowest BCUT2D eigenvalue weighted by Crippen LogP contribution is -2.51. The molecular formula is C25H29FN4O2S2. The Morgan fingerprint density at radius 3 is 2.50 bits per heavy atom. The van der Waals surface area contributed by atoms with Crippen LogP contribution in [0.15, 0.2) is 58.8 Å². The number of nitrogens with one attached hydrogen (secondary N) is 1. The first-order valence-electron chi connectivity index (χ1n) is 11.5. The van der Waals surface area contributed by atoms with Crippen LogP contribution >= 0.6 is 11.3 Å². The van der Waals surface area contributed by atoms with Crippen molar-refractivity contribution in [3.8, 4) is 0 Å². The van der Waals surface area contributed by atoms with E-state index < -0.39 is 16.0 Å². The van der Waals surface area contributed by atoms with E-state index in [4.69, 9.17) is 0 Å². The van der Waals surface area contributed by atoms with Gasteiger partial charge in [-0.1, -0.05) is 36.4 Å². The Morgan fingerprint density at radius 1 is 1.12 bits per heavy atom. The summed E-state index contributed by atoms with van der Waals surface area (Å²) in [6, 6.07) is 16.8. The van der Waals surface area contributed by atoms with Crippen LogP contribution in [0.3, 0.4) is 0 Å². The number of pyridine rings is 1. The molecule has 1 aliphatic heterocycles. The maximum Gasteiger partial charge on any atom is 0.272 e. The van der Waals surface area contributed by atoms with Crippen molar-refractivity contribution in [3.63, 3.8) is 0 Å². The van der Waals surface area contributed by atoms with Crippen molar-refractivity contribution in [1.82, 2.24) is 9.88 Å². The highest BCUT2D eigenvalue weighted by Crippen LogP contribution is 2.43. The van der Waals surface area contributed by atoms with Crippen molar-refractivity contribution in [2.24, 2.45) is 11.8 Å². The highest BCUT2D eigenvalue weighted by molar-refractivity contribution is 7.94. The summed E-state index contributed by atoms with van der Waals surface area (Å²) >= 11 is 1.24. The number of aromatic nitrogens is 1. The number of thiophene rings is 1. The van der Waals surface area contributed by atoms with Gasteiger partial charge in [-0.3, -0.25) is 9.62 Å². The molecule has 0 spiro atoms. The third kappa shape index (κ3) is 4.69. The molecule has 2 fully saturated rings. The van der Waals surface area contributed by atoms with Crippen molar-refractivity contribution in [3.05, 3.63) is 71.0 Å². The number of halogens is 1. The molecule has 1 saturated heterocycles. The number of hydrogen-bond acceptors (Lipinski definition) is 6. The number of benzene rings is 1. The molecule has 34 heavy (non-hydrogen) atoms. The number of nitrogens with zero attached hydrogens (tertiary/aromatic N) is 3. The second kappa shape index (κ2) is 9.28. The molecule has 2 bridgehead atoms. The molecule has 180 valence electrons. The van der Waals surface area contributed by atoms with Crippen molar-refractivity contribution < 1.29 is 12.8 Å². The van der Waals surface area contributed by atoms with Crippen LogP contribution in [0.25, 0.3) is 0 Å². The number of sulfonamides is 1. The van der Waals surface area contributed by atoms with Crippen LogP contribution in [-0.4, -0.2) is 44.5 Å². The van der Waals surface area contributed by atoms with Gasteiger partial charge >= 0.3 is 0 Å². The van der Waals surface area contributed by atoms with E-state index in [-0.39, 0.29) is 10.0 Å². The first-order chi connectivity index (χ1) is 16.3. The van der Waals surface area contributed by atoms with Crippen LogP contribution in [0, 0.1) is 24.7 Å². The van der Waals surface area contributed by atoms with Gasteiger partial charge in [0, 0.05) is 37.6 Å². The van der Waals surface area contributed by atoms with Crippen LogP contribution < -0.4 is 9.62 Å². The predicted octanol–water partition coefficient (Wildman–Crippen LogP) is 4.74. The number of piperidine rings is 1.